The van der Waals surface area contributed by atoms with Crippen molar-refractivity contribution in [2.24, 2.45) is 5.92 Å². The van der Waals surface area contributed by atoms with Crippen molar-refractivity contribution in [3.63, 3.8) is 0 Å². The molecule has 1 aliphatic rings. The number of carboxylic acids is 1. The van der Waals surface area contributed by atoms with Crippen LogP contribution in [0, 0.1) is 12.8 Å². The Balaban J connectivity index is 2.00. The fraction of sp³-hybridized carbons (Fsp3) is 0.400. The molecule has 2 aromatic rings. The highest BCUT2D eigenvalue weighted by Gasteiger charge is 2.29. The first kappa shape index (κ1) is 15.9. The molecule has 3 N–H and O–H groups in total. The molecule has 0 radical (unpaired) electrons. The number of piperidine rings is 1. The number of H-pyrrole nitrogens is 2. The Hall–Kier alpha value is -2.97. The third-order valence-corrected chi connectivity index (χ3v) is 4.18. The summed E-state index contributed by atoms with van der Waals surface area (Å²) < 4.78 is 0. The van der Waals surface area contributed by atoms with E-state index in [0.717, 1.165) is 0 Å². The van der Waals surface area contributed by atoms with Gasteiger partial charge in [0.25, 0.3) is 11.5 Å². The molecule has 1 aliphatic heterocycles. The van der Waals surface area contributed by atoms with Gasteiger partial charge in [-0.2, -0.15) is 0 Å². The SMILES string of the molecule is Cc1cc(C(=O)N2CCCC(C(=O)O)C2)nc2[nH]c(=O)[nH]c(=O)c12. The summed E-state index contributed by atoms with van der Waals surface area (Å²) in [4.78, 5) is 57.1. The highest BCUT2D eigenvalue weighted by Crippen LogP contribution is 2.19. The number of fused-ring (bicyclic) bond motifs is 1. The van der Waals surface area contributed by atoms with E-state index in [1.165, 1.54) is 11.0 Å². The summed E-state index contributed by atoms with van der Waals surface area (Å²) in [7, 11) is 0. The molecule has 0 saturated carbocycles. The molecule has 1 unspecified atom stereocenters. The Morgan fingerprint density at radius 3 is 2.79 bits per heavy atom. The molecule has 24 heavy (non-hydrogen) atoms. The second-order valence-corrected chi connectivity index (χ2v) is 5.88. The van der Waals surface area contributed by atoms with Gasteiger partial charge in [-0.25, -0.2) is 9.78 Å². The number of nitrogens with one attached hydrogen (secondary N) is 2. The van der Waals surface area contributed by atoms with Crippen molar-refractivity contribution >= 4 is 22.9 Å². The standard InChI is InChI=1S/C15H16N4O5/c1-7-5-9(16-11-10(7)12(20)18-15(24)17-11)13(21)19-4-2-3-8(6-19)14(22)23/h5,8H,2-4,6H2,1H3,(H,22,23)(H2,16,17,18,20,24). The van der Waals surface area contributed by atoms with Crippen LogP contribution >= 0.6 is 0 Å². The lowest BCUT2D eigenvalue weighted by Gasteiger charge is -2.30. The zero-order chi connectivity index (χ0) is 17.4. The van der Waals surface area contributed by atoms with E-state index in [4.69, 9.17) is 5.11 Å². The minimum atomic E-state index is -0.925. The maximum atomic E-state index is 12.6. The van der Waals surface area contributed by atoms with E-state index in [1.807, 2.05) is 0 Å². The first-order valence-corrected chi connectivity index (χ1v) is 7.53. The van der Waals surface area contributed by atoms with Crippen molar-refractivity contribution in [1.82, 2.24) is 19.9 Å². The molecular formula is C15H16N4O5. The van der Waals surface area contributed by atoms with Gasteiger partial charge in [0.05, 0.1) is 11.3 Å². The Labute approximate surface area is 135 Å². The van der Waals surface area contributed by atoms with Crippen molar-refractivity contribution < 1.29 is 14.7 Å². The quantitative estimate of drug-likeness (QED) is 0.700. The van der Waals surface area contributed by atoms with Gasteiger partial charge < -0.3 is 10.0 Å². The number of pyridine rings is 1. The summed E-state index contributed by atoms with van der Waals surface area (Å²) in [6.45, 7) is 2.22. The van der Waals surface area contributed by atoms with E-state index >= 15 is 0 Å². The number of likely N-dealkylation sites (tertiary alicyclic amines) is 1. The normalized spacial score (nSPS) is 17.9. The lowest BCUT2D eigenvalue weighted by Crippen LogP contribution is -2.42. The highest BCUT2D eigenvalue weighted by atomic mass is 16.4. The van der Waals surface area contributed by atoms with Crippen molar-refractivity contribution in [3.8, 4) is 0 Å². The van der Waals surface area contributed by atoms with Gasteiger partial charge in [0, 0.05) is 13.1 Å². The predicted molar refractivity (Wildman–Crippen MR) is 84.0 cm³/mol. The number of aromatic nitrogens is 3. The van der Waals surface area contributed by atoms with Gasteiger partial charge in [0.15, 0.2) is 0 Å². The molecule has 1 fully saturated rings. The van der Waals surface area contributed by atoms with Gasteiger partial charge in [-0.15, -0.1) is 0 Å². The van der Waals surface area contributed by atoms with Crippen molar-refractivity contribution in [1.29, 1.82) is 0 Å². The molecule has 9 nitrogen and oxygen atoms in total. The average molecular weight is 332 g/mol. The molecule has 1 saturated heterocycles. The third-order valence-electron chi connectivity index (χ3n) is 4.18. The average Bonchev–Trinajstić information content (AvgIpc) is 2.53. The van der Waals surface area contributed by atoms with Gasteiger partial charge in [-0.05, 0) is 31.4 Å². The van der Waals surface area contributed by atoms with Crippen LogP contribution in [0.25, 0.3) is 11.0 Å². The van der Waals surface area contributed by atoms with Gasteiger partial charge in [-0.1, -0.05) is 0 Å². The Morgan fingerprint density at radius 2 is 2.08 bits per heavy atom. The Bertz CT molecular complexity index is 945. The van der Waals surface area contributed by atoms with Crippen LogP contribution in [0.1, 0.15) is 28.9 Å². The zero-order valence-corrected chi connectivity index (χ0v) is 13.0. The van der Waals surface area contributed by atoms with Crippen LogP contribution in [-0.2, 0) is 4.79 Å². The van der Waals surface area contributed by atoms with Gasteiger partial charge in [0.1, 0.15) is 11.3 Å². The summed E-state index contributed by atoms with van der Waals surface area (Å²) in [5.41, 5.74) is -0.645. The molecule has 0 spiro atoms. The summed E-state index contributed by atoms with van der Waals surface area (Å²) in [5, 5.41) is 9.34. The first-order valence-electron chi connectivity index (χ1n) is 7.53. The molecule has 0 bridgehead atoms. The number of amides is 1. The number of aromatic amines is 2. The Kier molecular flexibility index (Phi) is 3.92. The number of hydrogen-bond donors (Lipinski definition) is 3. The van der Waals surface area contributed by atoms with Gasteiger partial charge in [-0.3, -0.25) is 24.4 Å². The van der Waals surface area contributed by atoms with E-state index in [9.17, 15) is 19.2 Å². The number of hydrogen-bond acceptors (Lipinski definition) is 5. The smallest absolute Gasteiger partial charge is 0.327 e. The number of carbonyl (C=O) groups is 2. The highest BCUT2D eigenvalue weighted by molar-refractivity contribution is 5.95. The topological polar surface area (TPSA) is 136 Å². The molecule has 126 valence electrons. The van der Waals surface area contributed by atoms with E-state index in [1.54, 1.807) is 6.92 Å². The van der Waals surface area contributed by atoms with Gasteiger partial charge in [0.2, 0.25) is 0 Å². The fourth-order valence-corrected chi connectivity index (χ4v) is 2.99. The summed E-state index contributed by atoms with van der Waals surface area (Å²) in [5.74, 6) is -1.93. The number of nitrogens with zero attached hydrogens (tertiary/aromatic N) is 2. The van der Waals surface area contributed by atoms with E-state index in [-0.39, 0.29) is 23.3 Å². The molecular weight excluding hydrogens is 316 g/mol. The van der Waals surface area contributed by atoms with Crippen LogP contribution in [0.2, 0.25) is 0 Å². The van der Waals surface area contributed by atoms with Crippen LogP contribution < -0.4 is 11.2 Å². The minimum absolute atomic E-state index is 0.0406. The maximum Gasteiger partial charge on any atom is 0.327 e. The molecule has 9 heteroatoms. The van der Waals surface area contributed by atoms with Crippen molar-refractivity contribution in [2.45, 2.75) is 19.8 Å². The van der Waals surface area contributed by atoms with E-state index in [0.29, 0.717) is 24.9 Å². The largest absolute Gasteiger partial charge is 0.481 e. The van der Waals surface area contributed by atoms with Crippen LogP contribution in [0.5, 0.6) is 0 Å². The van der Waals surface area contributed by atoms with Crippen LogP contribution in [0.15, 0.2) is 15.7 Å². The first-order chi connectivity index (χ1) is 11.4. The Morgan fingerprint density at radius 1 is 1.33 bits per heavy atom. The van der Waals surface area contributed by atoms with E-state index < -0.39 is 29.0 Å². The molecule has 1 amide bonds. The summed E-state index contributed by atoms with van der Waals surface area (Å²) in [6.07, 6.45) is 1.14. The van der Waals surface area contributed by atoms with Gasteiger partial charge >= 0.3 is 11.7 Å². The minimum Gasteiger partial charge on any atom is -0.481 e. The lowest BCUT2D eigenvalue weighted by atomic mass is 9.98. The summed E-state index contributed by atoms with van der Waals surface area (Å²) in [6, 6.07) is 1.47. The monoisotopic (exact) mass is 332 g/mol. The molecule has 2 aromatic heterocycles. The van der Waals surface area contributed by atoms with Crippen LogP contribution in [0.3, 0.4) is 0 Å². The predicted octanol–water partition coefficient (Wildman–Crippen LogP) is -0.143. The number of carboxylic acid groups (broad SMARTS) is 1. The second-order valence-electron chi connectivity index (χ2n) is 5.88. The van der Waals surface area contributed by atoms with Crippen LogP contribution in [-0.4, -0.2) is 49.9 Å². The zero-order valence-electron chi connectivity index (χ0n) is 13.0. The molecule has 3 heterocycles. The maximum absolute atomic E-state index is 12.6. The number of aryl methyl sites for hydroxylation is 1. The molecule has 1 atom stereocenters. The molecule has 0 aromatic carbocycles. The number of carbonyl (C=O) groups excluding carboxylic acids is 1. The van der Waals surface area contributed by atoms with Crippen molar-refractivity contribution in [2.75, 3.05) is 13.1 Å². The number of rotatable bonds is 2. The third kappa shape index (κ3) is 2.80. The molecule has 3 rings (SSSR count). The molecule has 0 aliphatic carbocycles. The van der Waals surface area contributed by atoms with E-state index in [2.05, 4.69) is 15.0 Å². The fourth-order valence-electron chi connectivity index (χ4n) is 2.99. The van der Waals surface area contributed by atoms with Crippen molar-refractivity contribution in [3.05, 3.63) is 38.2 Å². The summed E-state index contributed by atoms with van der Waals surface area (Å²) >= 11 is 0. The second kappa shape index (κ2) is 5.91. The number of aliphatic carboxylic acids is 1. The lowest BCUT2D eigenvalue weighted by molar-refractivity contribution is -0.143. The van der Waals surface area contributed by atoms with Crippen LogP contribution in [0.4, 0.5) is 0 Å².